The van der Waals surface area contributed by atoms with Gasteiger partial charge in [0.05, 0.1) is 6.61 Å². The van der Waals surface area contributed by atoms with Crippen LogP contribution in [0.5, 0.6) is 5.75 Å². The number of hydrogen-bond donors (Lipinski definition) is 0. The Morgan fingerprint density at radius 2 is 1.89 bits per heavy atom. The second-order valence-electron chi connectivity index (χ2n) is 5.67. The van der Waals surface area contributed by atoms with Crippen LogP contribution in [0.1, 0.15) is 58.6 Å². The summed E-state index contributed by atoms with van der Waals surface area (Å²) >= 11 is 0. The maximum absolute atomic E-state index is 5.85. The Bertz CT molecular complexity index is 353. The molecule has 1 rings (SSSR count). The molecule has 1 heteroatoms. The zero-order chi connectivity index (χ0) is 13.5. The first-order valence-corrected chi connectivity index (χ1v) is 7.10. The van der Waals surface area contributed by atoms with Gasteiger partial charge in [-0.2, -0.15) is 0 Å². The van der Waals surface area contributed by atoms with Gasteiger partial charge in [-0.3, -0.25) is 0 Å². The van der Waals surface area contributed by atoms with Crippen molar-refractivity contribution in [2.45, 2.75) is 53.9 Å². The molecule has 1 radical (unpaired) electrons. The van der Waals surface area contributed by atoms with Crippen molar-refractivity contribution in [3.05, 3.63) is 35.2 Å². The van der Waals surface area contributed by atoms with Gasteiger partial charge in [0.1, 0.15) is 5.75 Å². The van der Waals surface area contributed by atoms with Gasteiger partial charge in [0.2, 0.25) is 0 Å². The first kappa shape index (κ1) is 15.1. The quantitative estimate of drug-likeness (QED) is 0.614. The SMILES string of the molecule is CCCCOc1cc(CC(C)C)cc([C](C)C)c1. The molecule has 1 aromatic carbocycles. The maximum atomic E-state index is 5.85. The van der Waals surface area contributed by atoms with E-state index in [0.717, 1.165) is 25.2 Å². The molecule has 0 bridgehead atoms. The number of hydrogen-bond acceptors (Lipinski definition) is 1. The maximum Gasteiger partial charge on any atom is 0.119 e. The summed E-state index contributed by atoms with van der Waals surface area (Å²) in [4.78, 5) is 0. The van der Waals surface area contributed by atoms with Crippen molar-refractivity contribution in [1.82, 2.24) is 0 Å². The minimum absolute atomic E-state index is 0.681. The summed E-state index contributed by atoms with van der Waals surface area (Å²) in [5, 5.41) is 0. The van der Waals surface area contributed by atoms with E-state index < -0.39 is 0 Å². The third kappa shape index (κ3) is 5.12. The summed E-state index contributed by atoms with van der Waals surface area (Å²) in [5.41, 5.74) is 2.69. The van der Waals surface area contributed by atoms with E-state index >= 15 is 0 Å². The van der Waals surface area contributed by atoms with Gasteiger partial charge in [0.15, 0.2) is 0 Å². The van der Waals surface area contributed by atoms with Crippen LogP contribution >= 0.6 is 0 Å². The fourth-order valence-corrected chi connectivity index (χ4v) is 1.96. The Labute approximate surface area is 113 Å². The topological polar surface area (TPSA) is 9.23 Å². The fourth-order valence-electron chi connectivity index (χ4n) is 1.96. The molecule has 1 nitrogen and oxygen atoms in total. The molecule has 0 aliphatic carbocycles. The van der Waals surface area contributed by atoms with Gasteiger partial charge in [-0.1, -0.05) is 47.1 Å². The summed E-state index contributed by atoms with van der Waals surface area (Å²) in [6, 6.07) is 6.65. The van der Waals surface area contributed by atoms with Crippen molar-refractivity contribution < 1.29 is 4.74 Å². The molecule has 0 atom stereocenters. The van der Waals surface area contributed by atoms with Crippen LogP contribution in [0.3, 0.4) is 0 Å². The van der Waals surface area contributed by atoms with Crippen LogP contribution in [0, 0.1) is 11.8 Å². The predicted molar refractivity (Wildman–Crippen MR) is 79.1 cm³/mol. The van der Waals surface area contributed by atoms with Crippen LogP contribution in [0.25, 0.3) is 0 Å². The third-order valence-electron chi connectivity index (χ3n) is 2.95. The van der Waals surface area contributed by atoms with Gasteiger partial charge in [0.25, 0.3) is 0 Å². The molecule has 0 saturated carbocycles. The Morgan fingerprint density at radius 3 is 2.44 bits per heavy atom. The van der Waals surface area contributed by atoms with Crippen molar-refractivity contribution in [3.63, 3.8) is 0 Å². The van der Waals surface area contributed by atoms with E-state index in [1.54, 1.807) is 0 Å². The molecule has 0 amide bonds. The Balaban J connectivity index is 2.84. The second-order valence-corrected chi connectivity index (χ2v) is 5.67. The number of unbranched alkanes of at least 4 members (excludes halogenated alkanes) is 1. The molecule has 0 aromatic heterocycles. The van der Waals surface area contributed by atoms with Crippen LogP contribution < -0.4 is 4.74 Å². The minimum Gasteiger partial charge on any atom is -0.494 e. The van der Waals surface area contributed by atoms with E-state index in [0.29, 0.717) is 5.92 Å². The van der Waals surface area contributed by atoms with Gasteiger partial charge in [0, 0.05) is 0 Å². The van der Waals surface area contributed by atoms with E-state index in [1.165, 1.54) is 23.5 Å². The van der Waals surface area contributed by atoms with Gasteiger partial charge >= 0.3 is 0 Å². The van der Waals surface area contributed by atoms with Crippen LogP contribution in [-0.4, -0.2) is 6.61 Å². The fraction of sp³-hybridized carbons (Fsp3) is 0.588. The van der Waals surface area contributed by atoms with Crippen molar-refractivity contribution >= 4 is 0 Å². The highest BCUT2D eigenvalue weighted by Gasteiger charge is 2.07. The molecule has 0 aliphatic rings. The van der Waals surface area contributed by atoms with Crippen molar-refractivity contribution in [2.75, 3.05) is 6.61 Å². The van der Waals surface area contributed by atoms with Gasteiger partial charge in [-0.05, 0) is 47.9 Å². The van der Waals surface area contributed by atoms with Crippen molar-refractivity contribution in [1.29, 1.82) is 0 Å². The molecule has 0 heterocycles. The summed E-state index contributed by atoms with van der Waals surface area (Å²) in [6.45, 7) is 11.8. The first-order valence-electron chi connectivity index (χ1n) is 7.10. The molecular formula is C17H27O. The van der Waals surface area contributed by atoms with Gasteiger partial charge < -0.3 is 4.74 Å². The lowest BCUT2D eigenvalue weighted by atomic mass is 9.96. The highest BCUT2D eigenvalue weighted by molar-refractivity contribution is 5.40. The molecule has 0 saturated heterocycles. The van der Waals surface area contributed by atoms with Crippen LogP contribution in [-0.2, 0) is 6.42 Å². The van der Waals surface area contributed by atoms with Gasteiger partial charge in [-0.25, -0.2) is 0 Å². The standard InChI is InChI=1S/C17H27O/c1-6-7-8-18-17-11-15(9-13(2)3)10-16(12-17)14(4)5/h10-13H,6-9H2,1-5H3. The van der Waals surface area contributed by atoms with Crippen molar-refractivity contribution in [3.8, 4) is 5.75 Å². The lowest BCUT2D eigenvalue weighted by Gasteiger charge is -2.14. The molecular weight excluding hydrogens is 220 g/mol. The molecule has 0 fully saturated rings. The van der Waals surface area contributed by atoms with Gasteiger partial charge in [-0.15, -0.1) is 0 Å². The zero-order valence-electron chi connectivity index (χ0n) is 12.5. The molecule has 1 aromatic rings. The Kier molecular flexibility index (Phi) is 6.24. The second kappa shape index (κ2) is 7.45. The largest absolute Gasteiger partial charge is 0.494 e. The zero-order valence-corrected chi connectivity index (χ0v) is 12.5. The molecule has 0 unspecified atom stereocenters. The normalized spacial score (nSPS) is 11.3. The van der Waals surface area contributed by atoms with E-state index in [-0.39, 0.29) is 0 Å². The molecule has 0 spiro atoms. The average molecular weight is 247 g/mol. The first-order chi connectivity index (χ1) is 8.52. The third-order valence-corrected chi connectivity index (χ3v) is 2.95. The lowest BCUT2D eigenvalue weighted by Crippen LogP contribution is -2.01. The van der Waals surface area contributed by atoms with Crippen LogP contribution in [0.4, 0.5) is 0 Å². The minimum atomic E-state index is 0.681. The number of ether oxygens (including phenoxy) is 1. The van der Waals surface area contributed by atoms with Crippen LogP contribution in [0.2, 0.25) is 0 Å². The molecule has 101 valence electrons. The Morgan fingerprint density at radius 1 is 1.17 bits per heavy atom. The summed E-state index contributed by atoms with van der Waals surface area (Å²) in [7, 11) is 0. The molecule has 0 N–H and O–H groups in total. The number of rotatable bonds is 7. The monoisotopic (exact) mass is 247 g/mol. The Hall–Kier alpha value is -0.980. The lowest BCUT2D eigenvalue weighted by molar-refractivity contribution is 0.309. The van der Waals surface area contributed by atoms with E-state index in [9.17, 15) is 0 Å². The summed E-state index contributed by atoms with van der Waals surface area (Å²) in [6.07, 6.45) is 3.42. The predicted octanol–water partition coefficient (Wildman–Crippen LogP) is 5.03. The number of benzene rings is 1. The van der Waals surface area contributed by atoms with Crippen molar-refractivity contribution in [2.24, 2.45) is 5.92 Å². The van der Waals surface area contributed by atoms with E-state index in [2.05, 4.69) is 52.8 Å². The van der Waals surface area contributed by atoms with E-state index in [1.807, 2.05) is 0 Å². The summed E-state index contributed by atoms with van der Waals surface area (Å²) in [5.74, 6) is 3.06. The average Bonchev–Trinajstić information content (AvgIpc) is 2.28. The highest BCUT2D eigenvalue weighted by Crippen LogP contribution is 2.24. The summed E-state index contributed by atoms with van der Waals surface area (Å²) < 4.78 is 5.85. The van der Waals surface area contributed by atoms with E-state index in [4.69, 9.17) is 4.74 Å². The smallest absolute Gasteiger partial charge is 0.119 e. The van der Waals surface area contributed by atoms with Crippen LogP contribution in [0.15, 0.2) is 18.2 Å². The molecule has 18 heavy (non-hydrogen) atoms. The highest BCUT2D eigenvalue weighted by atomic mass is 16.5. The molecule has 0 aliphatic heterocycles.